The average molecular weight is 397 g/mol. The van der Waals surface area contributed by atoms with E-state index in [1.165, 1.54) is 22.0 Å². The third-order valence-corrected chi connectivity index (χ3v) is 4.62. The summed E-state index contributed by atoms with van der Waals surface area (Å²) in [5, 5.41) is 2.45. The van der Waals surface area contributed by atoms with Crippen LogP contribution in [0.15, 0.2) is 60.7 Å². The topological polar surface area (TPSA) is 30.9 Å². The maximum Gasteiger partial charge on any atom is 0.119 e. The van der Waals surface area contributed by atoms with Crippen molar-refractivity contribution in [3.63, 3.8) is 0 Å². The van der Waals surface area contributed by atoms with E-state index in [-0.39, 0.29) is 6.61 Å². The van der Waals surface area contributed by atoms with E-state index in [2.05, 4.69) is 67.5 Å². The maximum atomic E-state index is 11.9. The molecule has 0 unspecified atom stereocenters. The van der Waals surface area contributed by atoms with Crippen molar-refractivity contribution in [2.45, 2.75) is 0 Å². The lowest BCUT2D eigenvalue weighted by atomic mass is 10.0. The van der Waals surface area contributed by atoms with E-state index in [0.29, 0.717) is 26.4 Å². The predicted octanol–water partition coefficient (Wildman–Crippen LogP) is 4.95. The van der Waals surface area contributed by atoms with Gasteiger partial charge in [-0.15, -0.1) is 0 Å². The van der Waals surface area contributed by atoms with Crippen molar-refractivity contribution >= 4 is 16.5 Å². The number of alkyl halides is 1. The molecule has 0 heterocycles. The van der Waals surface area contributed by atoms with Crippen LogP contribution < -0.4 is 9.64 Å². The van der Waals surface area contributed by atoms with E-state index in [1.54, 1.807) is 0 Å². The Labute approximate surface area is 171 Å². The van der Waals surface area contributed by atoms with Gasteiger partial charge < -0.3 is 19.1 Å². The monoisotopic (exact) mass is 397 g/mol. The molecule has 0 atom stereocenters. The number of rotatable bonds is 11. The molecule has 0 bridgehead atoms. The Hall–Kier alpha value is -2.63. The van der Waals surface area contributed by atoms with E-state index in [4.69, 9.17) is 14.2 Å². The second kappa shape index (κ2) is 10.8. The minimum absolute atomic E-state index is 0.126. The van der Waals surface area contributed by atoms with Gasteiger partial charge in [0.2, 0.25) is 0 Å². The van der Waals surface area contributed by atoms with Crippen LogP contribution in [0.1, 0.15) is 0 Å². The van der Waals surface area contributed by atoms with Gasteiger partial charge in [-0.2, -0.15) is 0 Å². The van der Waals surface area contributed by atoms with Gasteiger partial charge >= 0.3 is 0 Å². The van der Waals surface area contributed by atoms with E-state index < -0.39 is 6.67 Å². The molecule has 154 valence electrons. The number of anilines is 1. The predicted molar refractivity (Wildman–Crippen MR) is 117 cm³/mol. The highest BCUT2D eigenvalue weighted by Crippen LogP contribution is 2.28. The molecule has 3 aromatic rings. The number of nitrogens with zero attached hydrogens (tertiary/aromatic N) is 1. The van der Waals surface area contributed by atoms with Crippen molar-refractivity contribution in [1.29, 1.82) is 0 Å². The van der Waals surface area contributed by atoms with Gasteiger partial charge in [-0.1, -0.05) is 30.3 Å². The zero-order chi connectivity index (χ0) is 20.5. The van der Waals surface area contributed by atoms with Crippen molar-refractivity contribution in [3.8, 4) is 16.9 Å². The standard InChI is InChI=1S/C24H28FNO3/c1-26(2)23-8-5-21-17-20(3-4-22(21)18-23)19-6-9-24(10-7-19)29-16-15-28-14-13-27-12-11-25/h3-10,17-18H,11-16H2,1-2H3. The highest BCUT2D eigenvalue weighted by molar-refractivity contribution is 5.89. The van der Waals surface area contributed by atoms with Crippen molar-refractivity contribution in [1.82, 2.24) is 0 Å². The molecule has 4 nitrogen and oxygen atoms in total. The van der Waals surface area contributed by atoms with Crippen molar-refractivity contribution in [2.24, 2.45) is 0 Å². The smallest absolute Gasteiger partial charge is 0.119 e. The minimum atomic E-state index is -0.463. The molecular weight excluding hydrogens is 369 g/mol. The van der Waals surface area contributed by atoms with Crippen molar-refractivity contribution < 1.29 is 18.6 Å². The fourth-order valence-electron chi connectivity index (χ4n) is 3.03. The Morgan fingerprint density at radius 2 is 1.31 bits per heavy atom. The molecule has 0 fully saturated rings. The quantitative estimate of drug-likeness (QED) is 0.428. The lowest BCUT2D eigenvalue weighted by Gasteiger charge is -2.13. The number of benzene rings is 3. The van der Waals surface area contributed by atoms with Gasteiger partial charge in [0.05, 0.1) is 26.4 Å². The molecule has 0 saturated carbocycles. The van der Waals surface area contributed by atoms with Gasteiger partial charge in [-0.05, 0) is 52.2 Å². The first-order chi connectivity index (χ1) is 14.2. The summed E-state index contributed by atoms with van der Waals surface area (Å²) in [6.07, 6.45) is 0. The average Bonchev–Trinajstić information content (AvgIpc) is 2.75. The van der Waals surface area contributed by atoms with Crippen molar-refractivity contribution in [3.05, 3.63) is 60.7 Å². The van der Waals surface area contributed by atoms with Gasteiger partial charge in [-0.25, -0.2) is 4.39 Å². The molecule has 3 rings (SSSR count). The van der Waals surface area contributed by atoms with Gasteiger partial charge in [0.1, 0.15) is 19.0 Å². The first-order valence-corrected chi connectivity index (χ1v) is 9.83. The first-order valence-electron chi connectivity index (χ1n) is 9.83. The summed E-state index contributed by atoms with van der Waals surface area (Å²) >= 11 is 0. The van der Waals surface area contributed by atoms with Crippen LogP contribution in [0.3, 0.4) is 0 Å². The SMILES string of the molecule is CN(C)c1ccc2cc(-c3ccc(OCCOCCOCCF)cc3)ccc2c1. The molecule has 0 N–H and O–H groups in total. The summed E-state index contributed by atoms with van der Waals surface area (Å²) < 4.78 is 28.0. The van der Waals surface area contributed by atoms with Crippen LogP contribution in [-0.4, -0.2) is 53.8 Å². The van der Waals surface area contributed by atoms with Crippen molar-refractivity contribution in [2.75, 3.05) is 58.7 Å². The zero-order valence-electron chi connectivity index (χ0n) is 17.1. The second-order valence-electron chi connectivity index (χ2n) is 6.93. The van der Waals surface area contributed by atoms with Crippen LogP contribution in [0.25, 0.3) is 21.9 Å². The van der Waals surface area contributed by atoms with Crippen LogP contribution in [0.2, 0.25) is 0 Å². The molecule has 0 aliphatic heterocycles. The van der Waals surface area contributed by atoms with Crippen LogP contribution in [0, 0.1) is 0 Å². The fourth-order valence-corrected chi connectivity index (χ4v) is 3.03. The summed E-state index contributed by atoms with van der Waals surface area (Å²) in [6.45, 7) is 1.45. The fraction of sp³-hybridized carbons (Fsp3) is 0.333. The Morgan fingerprint density at radius 3 is 2.03 bits per heavy atom. The van der Waals surface area contributed by atoms with E-state index >= 15 is 0 Å². The third kappa shape index (κ3) is 6.17. The van der Waals surface area contributed by atoms with Crippen LogP contribution in [0.5, 0.6) is 5.75 Å². The molecule has 0 aromatic heterocycles. The number of hydrogen-bond acceptors (Lipinski definition) is 4. The maximum absolute atomic E-state index is 11.9. The van der Waals surface area contributed by atoms with E-state index in [1.807, 2.05) is 12.1 Å². The van der Waals surface area contributed by atoms with Crippen LogP contribution in [0.4, 0.5) is 10.1 Å². The molecule has 0 saturated heterocycles. The zero-order valence-corrected chi connectivity index (χ0v) is 17.1. The molecule has 29 heavy (non-hydrogen) atoms. The molecule has 5 heteroatoms. The van der Waals surface area contributed by atoms with Crippen LogP contribution in [-0.2, 0) is 9.47 Å². The Bertz CT molecular complexity index is 896. The summed E-state index contributed by atoms with van der Waals surface area (Å²) in [6, 6.07) is 21.1. The summed E-state index contributed by atoms with van der Waals surface area (Å²) in [5.74, 6) is 0.808. The molecule has 0 spiro atoms. The molecule has 0 aliphatic carbocycles. The largest absolute Gasteiger partial charge is 0.491 e. The summed E-state index contributed by atoms with van der Waals surface area (Å²) in [4.78, 5) is 2.11. The molecule has 3 aromatic carbocycles. The summed E-state index contributed by atoms with van der Waals surface area (Å²) in [5.41, 5.74) is 3.53. The Kier molecular flexibility index (Phi) is 7.85. The Balaban J connectivity index is 1.52. The highest BCUT2D eigenvalue weighted by atomic mass is 19.1. The molecular formula is C24H28FNO3. The molecule has 0 radical (unpaired) electrons. The number of ether oxygens (including phenoxy) is 3. The third-order valence-electron chi connectivity index (χ3n) is 4.62. The van der Waals surface area contributed by atoms with E-state index in [0.717, 1.165) is 11.3 Å². The number of fused-ring (bicyclic) bond motifs is 1. The lowest BCUT2D eigenvalue weighted by Crippen LogP contribution is -2.11. The number of hydrogen-bond donors (Lipinski definition) is 0. The van der Waals surface area contributed by atoms with Gasteiger partial charge in [0.25, 0.3) is 0 Å². The lowest BCUT2D eigenvalue weighted by molar-refractivity contribution is 0.0325. The van der Waals surface area contributed by atoms with Gasteiger partial charge in [0, 0.05) is 19.8 Å². The van der Waals surface area contributed by atoms with Crippen LogP contribution >= 0.6 is 0 Å². The van der Waals surface area contributed by atoms with Gasteiger partial charge in [-0.3, -0.25) is 0 Å². The minimum Gasteiger partial charge on any atom is -0.491 e. The highest BCUT2D eigenvalue weighted by Gasteiger charge is 2.03. The molecule has 0 amide bonds. The first kappa shape index (κ1) is 21.1. The van der Waals surface area contributed by atoms with E-state index in [9.17, 15) is 4.39 Å². The normalized spacial score (nSPS) is 11.0. The van der Waals surface area contributed by atoms with Gasteiger partial charge in [0.15, 0.2) is 0 Å². The Morgan fingerprint density at radius 1 is 0.690 bits per heavy atom. The second-order valence-corrected chi connectivity index (χ2v) is 6.93. The molecule has 0 aliphatic rings. The summed E-state index contributed by atoms with van der Waals surface area (Å²) in [7, 11) is 4.10. The number of halogens is 1.